The number of methoxy groups -OCH3 is 3. The molecule has 1 amide bonds. The molecule has 26 heavy (non-hydrogen) atoms. The molecule has 0 saturated carbocycles. The molecule has 2 aromatic carbocycles. The molecule has 138 valence electrons. The van der Waals surface area contributed by atoms with Crippen molar-refractivity contribution in [3.8, 4) is 11.5 Å². The standard InChI is InChI=1S/C19H21NO6/c1-11-16(25-3)8-13(9-17(11)26-4)18(21)20-15-6-12(10-24-2)5-14(7-15)19(22)23/h5-9H,10H2,1-4H3,(H,20,21)(H,22,23). The van der Waals surface area contributed by atoms with Gasteiger partial charge in [0.1, 0.15) is 11.5 Å². The molecular formula is C19H21NO6. The van der Waals surface area contributed by atoms with E-state index in [-0.39, 0.29) is 12.2 Å². The molecular weight excluding hydrogens is 338 g/mol. The first kappa shape index (κ1) is 19.3. The molecule has 0 atom stereocenters. The normalized spacial score (nSPS) is 10.3. The Hall–Kier alpha value is -3.06. The number of nitrogens with one attached hydrogen (secondary N) is 1. The maximum Gasteiger partial charge on any atom is 0.335 e. The highest BCUT2D eigenvalue weighted by Crippen LogP contribution is 2.30. The third-order valence-electron chi connectivity index (χ3n) is 3.82. The van der Waals surface area contributed by atoms with E-state index in [1.54, 1.807) is 18.2 Å². The number of aromatic carboxylic acids is 1. The second kappa shape index (κ2) is 8.35. The van der Waals surface area contributed by atoms with Crippen molar-refractivity contribution in [3.05, 3.63) is 52.6 Å². The smallest absolute Gasteiger partial charge is 0.335 e. The molecule has 0 saturated heterocycles. The summed E-state index contributed by atoms with van der Waals surface area (Å²) in [7, 11) is 4.53. The van der Waals surface area contributed by atoms with E-state index < -0.39 is 11.9 Å². The average molecular weight is 359 g/mol. The number of carbonyl (C=O) groups excluding carboxylic acids is 1. The van der Waals surface area contributed by atoms with Gasteiger partial charge in [0.25, 0.3) is 5.91 Å². The molecule has 0 aliphatic carbocycles. The molecule has 0 aliphatic heterocycles. The van der Waals surface area contributed by atoms with Crippen LogP contribution in [0.1, 0.15) is 31.8 Å². The van der Waals surface area contributed by atoms with Crippen LogP contribution in [0, 0.1) is 6.92 Å². The lowest BCUT2D eigenvalue weighted by Crippen LogP contribution is -2.13. The van der Waals surface area contributed by atoms with Crippen LogP contribution in [0.2, 0.25) is 0 Å². The molecule has 0 bridgehead atoms. The maximum absolute atomic E-state index is 12.6. The van der Waals surface area contributed by atoms with Crippen LogP contribution in [0.25, 0.3) is 0 Å². The van der Waals surface area contributed by atoms with E-state index in [1.165, 1.54) is 33.5 Å². The minimum Gasteiger partial charge on any atom is -0.496 e. The molecule has 0 aromatic heterocycles. The number of carboxylic acids is 1. The summed E-state index contributed by atoms with van der Waals surface area (Å²) in [5, 5.41) is 11.9. The monoisotopic (exact) mass is 359 g/mol. The Labute approximate surface area is 151 Å². The van der Waals surface area contributed by atoms with Crippen molar-refractivity contribution in [1.82, 2.24) is 0 Å². The van der Waals surface area contributed by atoms with Crippen LogP contribution >= 0.6 is 0 Å². The maximum atomic E-state index is 12.6. The van der Waals surface area contributed by atoms with Crippen molar-refractivity contribution in [2.75, 3.05) is 26.6 Å². The molecule has 0 unspecified atom stereocenters. The summed E-state index contributed by atoms with van der Waals surface area (Å²) in [6.07, 6.45) is 0. The summed E-state index contributed by atoms with van der Waals surface area (Å²) < 4.78 is 15.6. The van der Waals surface area contributed by atoms with Gasteiger partial charge in [0.05, 0.1) is 26.4 Å². The topological polar surface area (TPSA) is 94.1 Å². The quantitative estimate of drug-likeness (QED) is 0.789. The van der Waals surface area contributed by atoms with Gasteiger partial charge in [-0.05, 0) is 42.8 Å². The lowest BCUT2D eigenvalue weighted by atomic mass is 10.1. The number of carbonyl (C=O) groups is 2. The molecule has 0 radical (unpaired) electrons. The minimum absolute atomic E-state index is 0.0638. The number of rotatable bonds is 7. The molecule has 2 rings (SSSR count). The number of anilines is 1. The number of carboxylic acid groups (broad SMARTS) is 1. The Morgan fingerprint density at radius 1 is 0.962 bits per heavy atom. The zero-order valence-corrected chi connectivity index (χ0v) is 15.1. The van der Waals surface area contributed by atoms with Gasteiger partial charge in [0.2, 0.25) is 0 Å². The highest BCUT2D eigenvalue weighted by Gasteiger charge is 2.15. The average Bonchev–Trinajstić information content (AvgIpc) is 2.61. The van der Waals surface area contributed by atoms with Gasteiger partial charge in [0, 0.05) is 23.9 Å². The third kappa shape index (κ3) is 4.31. The lowest BCUT2D eigenvalue weighted by molar-refractivity contribution is 0.0696. The Balaban J connectivity index is 2.36. The number of hydrogen-bond donors (Lipinski definition) is 2. The molecule has 7 nitrogen and oxygen atoms in total. The molecule has 7 heteroatoms. The van der Waals surface area contributed by atoms with E-state index in [0.29, 0.717) is 28.3 Å². The van der Waals surface area contributed by atoms with Crippen LogP contribution in [0.3, 0.4) is 0 Å². The first-order valence-corrected chi connectivity index (χ1v) is 7.79. The Morgan fingerprint density at radius 3 is 2.08 bits per heavy atom. The van der Waals surface area contributed by atoms with Crippen molar-refractivity contribution in [2.24, 2.45) is 0 Å². The molecule has 0 aliphatic rings. The zero-order chi connectivity index (χ0) is 19.3. The van der Waals surface area contributed by atoms with Crippen molar-refractivity contribution >= 4 is 17.6 Å². The fourth-order valence-electron chi connectivity index (χ4n) is 2.56. The highest BCUT2D eigenvalue weighted by atomic mass is 16.5. The van der Waals surface area contributed by atoms with Gasteiger partial charge in [-0.25, -0.2) is 4.79 Å². The second-order valence-electron chi connectivity index (χ2n) is 5.62. The second-order valence-corrected chi connectivity index (χ2v) is 5.62. The van der Waals surface area contributed by atoms with E-state index in [1.807, 2.05) is 6.92 Å². The Morgan fingerprint density at radius 2 is 1.58 bits per heavy atom. The van der Waals surface area contributed by atoms with Crippen LogP contribution < -0.4 is 14.8 Å². The highest BCUT2D eigenvalue weighted by molar-refractivity contribution is 6.05. The van der Waals surface area contributed by atoms with E-state index in [2.05, 4.69) is 5.32 Å². The van der Waals surface area contributed by atoms with Crippen LogP contribution in [0.5, 0.6) is 11.5 Å². The summed E-state index contributed by atoms with van der Waals surface area (Å²) in [6, 6.07) is 7.76. The van der Waals surface area contributed by atoms with Crippen molar-refractivity contribution < 1.29 is 28.9 Å². The van der Waals surface area contributed by atoms with Gasteiger partial charge in [-0.1, -0.05) is 0 Å². The molecule has 0 heterocycles. The van der Waals surface area contributed by atoms with Gasteiger partial charge in [-0.3, -0.25) is 4.79 Å². The summed E-state index contributed by atoms with van der Waals surface area (Å²) in [5.74, 6) is -0.452. The fraction of sp³-hybridized carbons (Fsp3) is 0.263. The van der Waals surface area contributed by atoms with E-state index in [0.717, 1.165) is 5.56 Å². The van der Waals surface area contributed by atoms with Gasteiger partial charge in [0.15, 0.2) is 0 Å². The zero-order valence-electron chi connectivity index (χ0n) is 15.1. The van der Waals surface area contributed by atoms with Crippen LogP contribution in [-0.4, -0.2) is 38.3 Å². The van der Waals surface area contributed by atoms with Gasteiger partial charge in [-0.2, -0.15) is 0 Å². The van der Waals surface area contributed by atoms with Crippen LogP contribution in [0.15, 0.2) is 30.3 Å². The molecule has 0 fully saturated rings. The van der Waals surface area contributed by atoms with E-state index in [4.69, 9.17) is 14.2 Å². The molecule has 2 aromatic rings. The SMILES string of the molecule is COCc1cc(NC(=O)c2cc(OC)c(C)c(OC)c2)cc(C(=O)O)c1. The lowest BCUT2D eigenvalue weighted by Gasteiger charge is -2.13. The predicted octanol–water partition coefficient (Wildman–Crippen LogP) is 3.11. The van der Waals surface area contributed by atoms with E-state index in [9.17, 15) is 14.7 Å². The fourth-order valence-corrected chi connectivity index (χ4v) is 2.56. The summed E-state index contributed by atoms with van der Waals surface area (Å²) >= 11 is 0. The number of amides is 1. The van der Waals surface area contributed by atoms with Gasteiger partial charge in [-0.15, -0.1) is 0 Å². The summed E-state index contributed by atoms with van der Waals surface area (Å²) in [4.78, 5) is 23.9. The van der Waals surface area contributed by atoms with Crippen LogP contribution in [0.4, 0.5) is 5.69 Å². The predicted molar refractivity (Wildman–Crippen MR) is 96.4 cm³/mol. The first-order valence-electron chi connectivity index (χ1n) is 7.79. The van der Waals surface area contributed by atoms with Crippen molar-refractivity contribution in [3.63, 3.8) is 0 Å². The van der Waals surface area contributed by atoms with Crippen molar-refractivity contribution in [1.29, 1.82) is 0 Å². The number of benzene rings is 2. The number of ether oxygens (including phenoxy) is 3. The summed E-state index contributed by atoms with van der Waals surface area (Å²) in [6.45, 7) is 2.06. The first-order chi connectivity index (χ1) is 12.4. The van der Waals surface area contributed by atoms with E-state index >= 15 is 0 Å². The third-order valence-corrected chi connectivity index (χ3v) is 3.82. The molecule has 0 spiro atoms. The summed E-state index contributed by atoms with van der Waals surface area (Å²) in [5.41, 5.74) is 2.18. The van der Waals surface area contributed by atoms with Crippen molar-refractivity contribution in [2.45, 2.75) is 13.5 Å². The van der Waals surface area contributed by atoms with Crippen LogP contribution in [-0.2, 0) is 11.3 Å². The largest absolute Gasteiger partial charge is 0.496 e. The van der Waals surface area contributed by atoms with Gasteiger partial charge >= 0.3 is 5.97 Å². The number of hydrogen-bond acceptors (Lipinski definition) is 5. The molecule has 2 N–H and O–H groups in total. The Kier molecular flexibility index (Phi) is 6.19. The Bertz CT molecular complexity index is 806. The minimum atomic E-state index is -1.09. The van der Waals surface area contributed by atoms with Gasteiger partial charge < -0.3 is 24.6 Å².